The maximum atomic E-state index is 13.9. The van der Waals surface area contributed by atoms with Gasteiger partial charge in [0.15, 0.2) is 0 Å². The zero-order valence-electron chi connectivity index (χ0n) is 24.1. The molecule has 0 saturated carbocycles. The summed E-state index contributed by atoms with van der Waals surface area (Å²) in [6, 6.07) is 14.6. The molecule has 6 rings (SSSR count). The van der Waals surface area contributed by atoms with Crippen molar-refractivity contribution < 1.29 is 23.0 Å². The average molecular weight is 575 g/mol. The fourth-order valence-corrected chi connectivity index (χ4v) is 5.71. The fourth-order valence-electron chi connectivity index (χ4n) is 5.71. The number of nitrogens with two attached hydrogens (primary N) is 1. The number of ether oxygens (including phenoxy) is 2. The SMILES string of the molecule is CC(=Nc1cc(/C=C2\c3ccc(F)cc3COc3cc(F)ccc32)ccc1C)NC(N)=O.CC1C[C@@H]2COCCN2C1. The number of benzene rings is 3. The van der Waals surface area contributed by atoms with Crippen molar-refractivity contribution in [2.45, 2.75) is 39.8 Å². The summed E-state index contributed by atoms with van der Waals surface area (Å²) in [7, 11) is 0. The lowest BCUT2D eigenvalue weighted by molar-refractivity contribution is 0.0128. The molecule has 2 fully saturated rings. The highest BCUT2D eigenvalue weighted by Crippen LogP contribution is 2.39. The monoisotopic (exact) mass is 574 g/mol. The zero-order chi connectivity index (χ0) is 29.8. The standard InChI is InChI=1S/C25H21F2N3O2.C8H15NO/c1-14-3-4-16(10-23(14)29-15(2)30-25(28)31)9-22-20-7-5-18(26)11-17(20)13-32-24-12-19(27)6-8-21(22)24;1-7-4-8-6-10-3-2-9(8)5-7/h3-12H,13H2,1-2H3,(H3,28,29,30,31);7-8H,2-6H2,1H3/b22-9+;/t;7?,8-/m.1/s1. The Hall–Kier alpha value is -4.08. The Labute approximate surface area is 245 Å². The van der Waals surface area contributed by atoms with E-state index in [0.717, 1.165) is 54.0 Å². The summed E-state index contributed by atoms with van der Waals surface area (Å²) in [6.07, 6.45) is 3.28. The predicted molar refractivity (Wildman–Crippen MR) is 161 cm³/mol. The minimum Gasteiger partial charge on any atom is -0.488 e. The Morgan fingerprint density at radius 2 is 1.86 bits per heavy atom. The number of amides is 2. The highest BCUT2D eigenvalue weighted by atomic mass is 19.1. The number of halogens is 2. The van der Waals surface area contributed by atoms with Crippen LogP contribution in [0.1, 0.15) is 48.1 Å². The van der Waals surface area contributed by atoms with Crippen molar-refractivity contribution in [1.82, 2.24) is 10.2 Å². The summed E-state index contributed by atoms with van der Waals surface area (Å²) in [5, 5.41) is 2.45. The Bertz CT molecular complexity index is 1470. The summed E-state index contributed by atoms with van der Waals surface area (Å²) < 4.78 is 38.9. The summed E-state index contributed by atoms with van der Waals surface area (Å²) >= 11 is 0. The van der Waals surface area contributed by atoms with E-state index in [1.165, 1.54) is 37.2 Å². The van der Waals surface area contributed by atoms with Crippen LogP contribution in [0.5, 0.6) is 5.75 Å². The van der Waals surface area contributed by atoms with Crippen molar-refractivity contribution in [2.75, 3.05) is 26.3 Å². The van der Waals surface area contributed by atoms with Crippen molar-refractivity contribution in [1.29, 1.82) is 0 Å². The second-order valence-corrected chi connectivity index (χ2v) is 11.1. The first-order valence-corrected chi connectivity index (χ1v) is 14.1. The quantitative estimate of drug-likeness (QED) is 0.282. The Morgan fingerprint density at radius 3 is 2.62 bits per heavy atom. The van der Waals surface area contributed by atoms with Crippen LogP contribution < -0.4 is 15.8 Å². The van der Waals surface area contributed by atoms with E-state index in [0.29, 0.717) is 28.4 Å². The predicted octanol–water partition coefficient (Wildman–Crippen LogP) is 6.20. The molecule has 0 spiro atoms. The van der Waals surface area contributed by atoms with Crippen molar-refractivity contribution in [3.63, 3.8) is 0 Å². The number of morpholine rings is 1. The van der Waals surface area contributed by atoms with E-state index in [4.69, 9.17) is 15.2 Å². The van der Waals surface area contributed by atoms with Gasteiger partial charge in [0, 0.05) is 36.3 Å². The van der Waals surface area contributed by atoms with Crippen LogP contribution in [-0.2, 0) is 11.3 Å². The van der Waals surface area contributed by atoms with E-state index < -0.39 is 11.8 Å². The van der Waals surface area contributed by atoms with Gasteiger partial charge in [-0.25, -0.2) is 18.6 Å². The lowest BCUT2D eigenvalue weighted by Gasteiger charge is -2.28. The van der Waals surface area contributed by atoms with Gasteiger partial charge in [0.2, 0.25) is 0 Å². The van der Waals surface area contributed by atoms with Crippen LogP contribution in [0, 0.1) is 24.5 Å². The molecule has 0 aromatic heterocycles. The first kappa shape index (κ1) is 29.4. The number of primary amides is 1. The Kier molecular flexibility index (Phi) is 8.99. The van der Waals surface area contributed by atoms with Crippen LogP contribution >= 0.6 is 0 Å². The van der Waals surface area contributed by atoms with E-state index in [2.05, 4.69) is 22.1 Å². The Balaban J connectivity index is 0.000000295. The molecule has 7 nitrogen and oxygen atoms in total. The molecule has 0 bridgehead atoms. The molecular formula is C33H36F2N4O3. The van der Waals surface area contributed by atoms with Crippen LogP contribution in [0.15, 0.2) is 59.6 Å². The minimum atomic E-state index is -0.687. The molecule has 3 aromatic carbocycles. The third-order valence-corrected chi connectivity index (χ3v) is 7.68. The Morgan fingerprint density at radius 1 is 1.10 bits per heavy atom. The third-order valence-electron chi connectivity index (χ3n) is 7.68. The van der Waals surface area contributed by atoms with E-state index in [9.17, 15) is 13.6 Å². The second-order valence-electron chi connectivity index (χ2n) is 11.1. The normalized spacial score (nSPS) is 20.8. The van der Waals surface area contributed by atoms with E-state index in [1.807, 2.05) is 31.2 Å². The zero-order valence-corrected chi connectivity index (χ0v) is 24.1. The number of urea groups is 1. The molecule has 2 amide bonds. The number of rotatable bonds is 2. The smallest absolute Gasteiger partial charge is 0.317 e. The van der Waals surface area contributed by atoms with E-state index in [1.54, 1.807) is 19.1 Å². The largest absolute Gasteiger partial charge is 0.488 e. The molecule has 2 atom stereocenters. The number of fused-ring (bicyclic) bond motifs is 3. The lowest BCUT2D eigenvalue weighted by Crippen LogP contribution is -2.40. The molecule has 3 aromatic rings. The van der Waals surface area contributed by atoms with Crippen molar-refractivity contribution >= 4 is 29.2 Å². The maximum Gasteiger partial charge on any atom is 0.317 e. The maximum absolute atomic E-state index is 13.9. The summed E-state index contributed by atoms with van der Waals surface area (Å²) in [5.41, 5.74) is 10.5. The molecule has 1 unspecified atom stereocenters. The lowest BCUT2D eigenvalue weighted by atomic mass is 9.92. The second kappa shape index (κ2) is 12.8. The van der Waals surface area contributed by atoms with E-state index >= 15 is 0 Å². The van der Waals surface area contributed by atoms with Crippen molar-refractivity contribution in [3.05, 3.63) is 94.0 Å². The number of aryl methyl sites for hydroxylation is 1. The highest BCUT2D eigenvalue weighted by Gasteiger charge is 2.31. The fraction of sp³-hybridized carbons (Fsp3) is 0.333. The highest BCUT2D eigenvalue weighted by molar-refractivity contribution is 5.97. The van der Waals surface area contributed by atoms with Gasteiger partial charge < -0.3 is 15.2 Å². The topological polar surface area (TPSA) is 89.2 Å². The number of nitrogens with one attached hydrogen (secondary N) is 1. The summed E-state index contributed by atoms with van der Waals surface area (Å²) in [6.45, 7) is 10.4. The van der Waals surface area contributed by atoms with Crippen LogP contribution in [-0.4, -0.2) is 49.1 Å². The van der Waals surface area contributed by atoms with Crippen LogP contribution in [0.25, 0.3) is 11.6 Å². The number of aliphatic imine (C=N–C) groups is 1. The first-order valence-electron chi connectivity index (χ1n) is 14.1. The van der Waals surface area contributed by atoms with Crippen LogP contribution in [0.3, 0.4) is 0 Å². The number of hydrogen-bond acceptors (Lipinski definition) is 5. The third kappa shape index (κ3) is 7.03. The molecule has 3 aliphatic heterocycles. The molecule has 220 valence electrons. The van der Waals surface area contributed by atoms with Gasteiger partial charge in [-0.05, 0) is 84.9 Å². The summed E-state index contributed by atoms with van der Waals surface area (Å²) in [5.74, 6) is 0.874. The molecular weight excluding hydrogens is 538 g/mol. The van der Waals surface area contributed by atoms with Gasteiger partial charge in [-0.3, -0.25) is 10.2 Å². The molecule has 42 heavy (non-hydrogen) atoms. The van der Waals surface area contributed by atoms with Gasteiger partial charge >= 0.3 is 6.03 Å². The van der Waals surface area contributed by atoms with Gasteiger partial charge in [0.1, 0.15) is 29.8 Å². The van der Waals surface area contributed by atoms with Gasteiger partial charge in [-0.2, -0.15) is 0 Å². The molecule has 3 heterocycles. The minimum absolute atomic E-state index is 0.127. The molecule has 0 radical (unpaired) electrons. The number of nitrogens with zero attached hydrogens (tertiary/aromatic N) is 2. The van der Waals surface area contributed by atoms with Gasteiger partial charge in [-0.15, -0.1) is 0 Å². The number of carbonyl (C=O) groups is 1. The van der Waals surface area contributed by atoms with Crippen LogP contribution in [0.2, 0.25) is 0 Å². The molecule has 0 aliphatic carbocycles. The molecule has 3 aliphatic rings. The number of carbonyl (C=O) groups excluding carboxylic acids is 1. The number of hydrogen-bond donors (Lipinski definition) is 2. The molecule has 3 N–H and O–H groups in total. The average Bonchev–Trinajstić information content (AvgIpc) is 3.26. The van der Waals surface area contributed by atoms with E-state index in [-0.39, 0.29) is 12.4 Å². The van der Waals surface area contributed by atoms with Gasteiger partial charge in [-0.1, -0.05) is 25.1 Å². The molecule has 9 heteroatoms. The van der Waals surface area contributed by atoms with Gasteiger partial charge in [0.25, 0.3) is 0 Å². The van der Waals surface area contributed by atoms with Crippen molar-refractivity contribution in [3.8, 4) is 5.75 Å². The summed E-state index contributed by atoms with van der Waals surface area (Å²) in [4.78, 5) is 18.1. The molecule has 2 saturated heterocycles. The van der Waals surface area contributed by atoms with Gasteiger partial charge in [0.05, 0.1) is 18.9 Å². The van der Waals surface area contributed by atoms with Crippen molar-refractivity contribution in [2.24, 2.45) is 16.6 Å². The number of amidine groups is 1. The van der Waals surface area contributed by atoms with Crippen LogP contribution in [0.4, 0.5) is 19.3 Å². The first-order chi connectivity index (χ1) is 20.2.